The molecule has 1 fully saturated rings. The van der Waals surface area contributed by atoms with Crippen LogP contribution in [0.4, 0.5) is 0 Å². The third kappa shape index (κ3) is 6.95. The summed E-state index contributed by atoms with van der Waals surface area (Å²) >= 11 is 0. The molecule has 0 radical (unpaired) electrons. The molecule has 194 valence electrons. The van der Waals surface area contributed by atoms with Crippen molar-refractivity contribution in [3.8, 4) is 5.75 Å². The number of carbonyl (C=O) groups is 2. The van der Waals surface area contributed by atoms with Crippen molar-refractivity contribution in [3.63, 3.8) is 0 Å². The number of sulfonamides is 1. The van der Waals surface area contributed by atoms with Gasteiger partial charge in [-0.15, -0.1) is 6.58 Å². The van der Waals surface area contributed by atoms with Crippen LogP contribution >= 0.6 is 0 Å². The zero-order valence-corrected chi connectivity index (χ0v) is 21.8. The highest BCUT2D eigenvalue weighted by atomic mass is 32.2. The van der Waals surface area contributed by atoms with E-state index in [0.717, 1.165) is 24.0 Å². The fourth-order valence-corrected chi connectivity index (χ4v) is 5.65. The predicted octanol–water partition coefficient (Wildman–Crippen LogP) is 3.13. The highest BCUT2D eigenvalue weighted by molar-refractivity contribution is 7.89. The zero-order valence-electron chi connectivity index (χ0n) is 21.0. The molecule has 1 saturated heterocycles. The molecule has 0 bridgehead atoms. The van der Waals surface area contributed by atoms with Crippen LogP contribution in [0.3, 0.4) is 0 Å². The topological polar surface area (TPSA) is 96.0 Å². The second-order valence-corrected chi connectivity index (χ2v) is 10.8. The molecule has 1 atom stereocenters. The van der Waals surface area contributed by atoms with E-state index in [1.807, 2.05) is 24.3 Å². The molecule has 3 rings (SSSR count). The summed E-state index contributed by atoms with van der Waals surface area (Å²) in [5.41, 5.74) is 1.74. The molecule has 0 spiro atoms. The van der Waals surface area contributed by atoms with Crippen LogP contribution in [-0.4, -0.2) is 62.2 Å². The molecule has 8 nitrogen and oxygen atoms in total. The summed E-state index contributed by atoms with van der Waals surface area (Å²) in [5, 5.41) is 2.76. The molecule has 0 aromatic heterocycles. The second-order valence-electron chi connectivity index (χ2n) is 8.83. The summed E-state index contributed by atoms with van der Waals surface area (Å²) in [6, 6.07) is 13.4. The standard InChI is InChI=1S/C27H35N3O5S/c1-4-17-28-27(32)21(2)30(20-23-7-12-24(35-3)13-8-23)26(31)16-11-22-9-14-25(15-10-22)36(33,34)29-18-5-6-19-29/h4,7-10,12-15,21H,1,5-6,11,16-20H2,2-3H3,(H,28,32)/t21-/m0/s1. The average molecular weight is 514 g/mol. The summed E-state index contributed by atoms with van der Waals surface area (Å²) < 4.78 is 32.2. The highest BCUT2D eigenvalue weighted by Gasteiger charge is 2.28. The van der Waals surface area contributed by atoms with E-state index in [1.165, 1.54) is 4.31 Å². The number of hydrogen-bond acceptors (Lipinski definition) is 5. The predicted molar refractivity (Wildman–Crippen MR) is 139 cm³/mol. The van der Waals surface area contributed by atoms with Crippen molar-refractivity contribution >= 4 is 21.8 Å². The first-order valence-electron chi connectivity index (χ1n) is 12.2. The van der Waals surface area contributed by atoms with Gasteiger partial charge in [-0.1, -0.05) is 30.3 Å². The van der Waals surface area contributed by atoms with Gasteiger partial charge in [-0.2, -0.15) is 4.31 Å². The number of methoxy groups -OCH3 is 1. The van der Waals surface area contributed by atoms with E-state index in [4.69, 9.17) is 4.74 Å². The van der Waals surface area contributed by atoms with Crippen LogP contribution < -0.4 is 10.1 Å². The summed E-state index contributed by atoms with van der Waals surface area (Å²) in [6.45, 7) is 7.03. The normalized spacial score (nSPS) is 14.7. The minimum absolute atomic E-state index is 0.166. The molecule has 0 saturated carbocycles. The molecule has 0 unspecified atom stereocenters. The average Bonchev–Trinajstić information content (AvgIpc) is 3.45. The van der Waals surface area contributed by atoms with E-state index in [9.17, 15) is 18.0 Å². The lowest BCUT2D eigenvalue weighted by atomic mass is 10.1. The van der Waals surface area contributed by atoms with Crippen LogP contribution in [0.25, 0.3) is 0 Å². The summed E-state index contributed by atoms with van der Waals surface area (Å²) in [5.74, 6) is 0.290. The first-order chi connectivity index (χ1) is 17.3. The van der Waals surface area contributed by atoms with Gasteiger partial charge in [-0.05, 0) is 61.6 Å². The SMILES string of the molecule is C=CCNC(=O)[C@H](C)N(Cc1ccc(OC)cc1)C(=O)CCc1ccc(S(=O)(=O)N2CCCC2)cc1. The van der Waals surface area contributed by atoms with Gasteiger partial charge in [-0.25, -0.2) is 8.42 Å². The molecule has 36 heavy (non-hydrogen) atoms. The molecular formula is C27H35N3O5S. The van der Waals surface area contributed by atoms with Crippen LogP contribution in [0.15, 0.2) is 66.1 Å². The lowest BCUT2D eigenvalue weighted by molar-refractivity contribution is -0.140. The van der Waals surface area contributed by atoms with Gasteiger partial charge < -0.3 is 15.0 Å². The minimum atomic E-state index is -3.47. The number of rotatable bonds is 12. The van der Waals surface area contributed by atoms with Gasteiger partial charge in [0.05, 0.1) is 12.0 Å². The quantitative estimate of drug-likeness (QED) is 0.440. The Kier molecular flexibility index (Phi) is 9.66. The Morgan fingerprint density at radius 3 is 2.28 bits per heavy atom. The molecule has 2 amide bonds. The fraction of sp³-hybridized carbons (Fsp3) is 0.407. The molecule has 2 aromatic rings. The Morgan fingerprint density at radius 1 is 1.08 bits per heavy atom. The van der Waals surface area contributed by atoms with Crippen molar-refractivity contribution in [1.82, 2.24) is 14.5 Å². The van der Waals surface area contributed by atoms with Gasteiger partial charge in [0.1, 0.15) is 11.8 Å². The molecule has 1 N–H and O–H groups in total. The third-order valence-corrected chi connectivity index (χ3v) is 8.27. The maximum Gasteiger partial charge on any atom is 0.243 e. The smallest absolute Gasteiger partial charge is 0.243 e. The number of carbonyl (C=O) groups excluding carboxylic acids is 2. The van der Waals surface area contributed by atoms with Crippen molar-refractivity contribution in [2.75, 3.05) is 26.7 Å². The van der Waals surface area contributed by atoms with E-state index in [2.05, 4.69) is 11.9 Å². The van der Waals surface area contributed by atoms with E-state index in [0.29, 0.717) is 31.8 Å². The Bertz CT molecular complexity index is 1140. The van der Waals surface area contributed by atoms with E-state index >= 15 is 0 Å². The van der Waals surface area contributed by atoms with E-state index < -0.39 is 16.1 Å². The number of amides is 2. The number of benzene rings is 2. The van der Waals surface area contributed by atoms with Crippen molar-refractivity contribution in [2.24, 2.45) is 0 Å². The van der Waals surface area contributed by atoms with E-state index in [1.54, 1.807) is 49.3 Å². The Labute approximate surface area is 214 Å². The van der Waals surface area contributed by atoms with Crippen molar-refractivity contribution in [3.05, 3.63) is 72.3 Å². The second kappa shape index (κ2) is 12.7. The van der Waals surface area contributed by atoms with Gasteiger partial charge in [0.15, 0.2) is 0 Å². The lowest BCUT2D eigenvalue weighted by Gasteiger charge is -2.29. The highest BCUT2D eigenvalue weighted by Crippen LogP contribution is 2.22. The number of nitrogens with zero attached hydrogens (tertiary/aromatic N) is 2. The van der Waals surface area contributed by atoms with Gasteiger partial charge in [0, 0.05) is 32.6 Å². The lowest BCUT2D eigenvalue weighted by Crippen LogP contribution is -2.47. The zero-order chi connectivity index (χ0) is 26.1. The monoisotopic (exact) mass is 513 g/mol. The molecular weight excluding hydrogens is 478 g/mol. The maximum atomic E-state index is 13.3. The maximum absolute atomic E-state index is 13.3. The van der Waals surface area contributed by atoms with Crippen molar-refractivity contribution in [1.29, 1.82) is 0 Å². The first kappa shape index (κ1) is 27.4. The number of hydrogen-bond donors (Lipinski definition) is 1. The van der Waals surface area contributed by atoms with Crippen LogP contribution in [0, 0.1) is 0 Å². The number of aryl methyl sites for hydroxylation is 1. The minimum Gasteiger partial charge on any atom is -0.497 e. The summed E-state index contributed by atoms with van der Waals surface area (Å²) in [7, 11) is -1.88. The van der Waals surface area contributed by atoms with Gasteiger partial charge in [-0.3, -0.25) is 9.59 Å². The third-order valence-electron chi connectivity index (χ3n) is 6.35. The first-order valence-corrected chi connectivity index (χ1v) is 13.6. The van der Waals surface area contributed by atoms with Crippen molar-refractivity contribution in [2.45, 2.75) is 50.1 Å². The molecule has 0 aliphatic carbocycles. The Balaban J connectivity index is 1.69. The fourth-order valence-electron chi connectivity index (χ4n) is 4.13. The van der Waals surface area contributed by atoms with Gasteiger partial charge >= 0.3 is 0 Å². The van der Waals surface area contributed by atoms with Crippen LogP contribution in [0.1, 0.15) is 37.3 Å². The Hall–Kier alpha value is -3.17. The Morgan fingerprint density at radius 2 is 1.69 bits per heavy atom. The largest absolute Gasteiger partial charge is 0.497 e. The number of ether oxygens (including phenoxy) is 1. The van der Waals surface area contributed by atoms with Crippen LogP contribution in [-0.2, 0) is 32.6 Å². The van der Waals surface area contributed by atoms with E-state index in [-0.39, 0.29) is 29.7 Å². The molecule has 9 heteroatoms. The molecule has 2 aromatic carbocycles. The van der Waals surface area contributed by atoms with Crippen LogP contribution in [0.5, 0.6) is 5.75 Å². The molecule has 1 aliphatic rings. The summed E-state index contributed by atoms with van der Waals surface area (Å²) in [6.07, 6.45) is 3.98. The van der Waals surface area contributed by atoms with Crippen LogP contribution in [0.2, 0.25) is 0 Å². The summed E-state index contributed by atoms with van der Waals surface area (Å²) in [4.78, 5) is 27.7. The molecule has 1 heterocycles. The molecule has 1 aliphatic heterocycles. The van der Waals surface area contributed by atoms with Gasteiger partial charge in [0.2, 0.25) is 21.8 Å². The van der Waals surface area contributed by atoms with Gasteiger partial charge in [0.25, 0.3) is 0 Å². The number of nitrogens with one attached hydrogen (secondary N) is 1. The van der Waals surface area contributed by atoms with Crippen molar-refractivity contribution < 1.29 is 22.7 Å².